The van der Waals surface area contributed by atoms with Crippen molar-refractivity contribution in [2.45, 2.75) is 19.8 Å². The second-order valence-electron chi connectivity index (χ2n) is 6.24. The molecule has 1 fully saturated rings. The summed E-state index contributed by atoms with van der Waals surface area (Å²) in [6.07, 6.45) is 4.82. The number of rotatable bonds is 3. The molecule has 1 heterocycles. The van der Waals surface area contributed by atoms with Crippen LogP contribution in [0, 0.1) is 18.8 Å². The first-order chi connectivity index (χ1) is 12.0. The van der Waals surface area contributed by atoms with Crippen LogP contribution < -0.4 is 10.9 Å². The van der Waals surface area contributed by atoms with Crippen LogP contribution in [-0.4, -0.2) is 35.1 Å². The minimum Gasteiger partial charge on any atom is -0.274 e. The molecule has 1 aromatic carbocycles. The molecule has 2 unspecified atom stereocenters. The number of hydrogen-bond acceptors (Lipinski definition) is 4. The lowest BCUT2D eigenvalue weighted by Crippen LogP contribution is -2.48. The van der Waals surface area contributed by atoms with E-state index in [0.717, 1.165) is 10.5 Å². The van der Waals surface area contributed by atoms with Gasteiger partial charge in [0.2, 0.25) is 11.8 Å². The molecule has 1 aromatic rings. The summed E-state index contributed by atoms with van der Waals surface area (Å²) in [7, 11) is 0. The number of benzene rings is 1. The van der Waals surface area contributed by atoms with Gasteiger partial charge in [-0.3, -0.25) is 34.9 Å². The molecule has 2 aliphatic rings. The van der Waals surface area contributed by atoms with E-state index in [1.54, 1.807) is 25.1 Å². The summed E-state index contributed by atoms with van der Waals surface area (Å²) in [6.45, 7) is 1.40. The van der Waals surface area contributed by atoms with Crippen LogP contribution in [0.3, 0.4) is 0 Å². The SMILES string of the molecule is Cc1ccccc1C(=O)NNC(=O)CN1C(=O)C2CC=CCC2C1=O. The van der Waals surface area contributed by atoms with Crippen LogP contribution in [0.4, 0.5) is 0 Å². The molecular weight excluding hydrogens is 322 g/mol. The quantitative estimate of drug-likeness (QED) is 0.481. The predicted octanol–water partition coefficient (Wildman–Crippen LogP) is 0.707. The maximum Gasteiger partial charge on any atom is 0.269 e. The van der Waals surface area contributed by atoms with Crippen LogP contribution >= 0.6 is 0 Å². The summed E-state index contributed by atoms with van der Waals surface area (Å²) >= 11 is 0. The highest BCUT2D eigenvalue weighted by Crippen LogP contribution is 2.34. The van der Waals surface area contributed by atoms with E-state index in [9.17, 15) is 19.2 Å². The smallest absolute Gasteiger partial charge is 0.269 e. The van der Waals surface area contributed by atoms with Gasteiger partial charge in [-0.05, 0) is 31.4 Å². The maximum atomic E-state index is 12.3. The van der Waals surface area contributed by atoms with Crippen molar-refractivity contribution < 1.29 is 19.2 Å². The molecule has 4 amide bonds. The van der Waals surface area contributed by atoms with E-state index in [0.29, 0.717) is 18.4 Å². The van der Waals surface area contributed by atoms with Gasteiger partial charge in [-0.1, -0.05) is 30.4 Å². The van der Waals surface area contributed by atoms with E-state index in [2.05, 4.69) is 10.9 Å². The zero-order valence-electron chi connectivity index (χ0n) is 13.8. The molecule has 7 nitrogen and oxygen atoms in total. The molecule has 2 N–H and O–H groups in total. The van der Waals surface area contributed by atoms with Crippen molar-refractivity contribution in [1.82, 2.24) is 15.8 Å². The number of likely N-dealkylation sites (tertiary alicyclic amines) is 1. The van der Waals surface area contributed by atoms with E-state index >= 15 is 0 Å². The third-order valence-electron chi connectivity index (χ3n) is 4.61. The van der Waals surface area contributed by atoms with Crippen molar-refractivity contribution in [3.8, 4) is 0 Å². The first kappa shape index (κ1) is 16.9. The number of nitrogens with zero attached hydrogens (tertiary/aromatic N) is 1. The fourth-order valence-corrected chi connectivity index (χ4v) is 3.23. The second-order valence-corrected chi connectivity index (χ2v) is 6.24. The Morgan fingerprint density at radius 2 is 1.64 bits per heavy atom. The number of carbonyl (C=O) groups excluding carboxylic acids is 4. The summed E-state index contributed by atoms with van der Waals surface area (Å²) in [5.41, 5.74) is 5.78. The molecule has 0 spiro atoms. The summed E-state index contributed by atoms with van der Waals surface area (Å²) < 4.78 is 0. The van der Waals surface area contributed by atoms with Gasteiger partial charge in [-0.15, -0.1) is 0 Å². The van der Waals surface area contributed by atoms with E-state index < -0.39 is 18.4 Å². The van der Waals surface area contributed by atoms with Gasteiger partial charge >= 0.3 is 0 Å². The fourth-order valence-electron chi connectivity index (χ4n) is 3.23. The maximum absolute atomic E-state index is 12.3. The summed E-state index contributed by atoms with van der Waals surface area (Å²) in [4.78, 5) is 49.7. The van der Waals surface area contributed by atoms with Gasteiger partial charge in [0.25, 0.3) is 11.8 Å². The topological polar surface area (TPSA) is 95.6 Å². The number of allylic oxidation sites excluding steroid dienone is 2. The fraction of sp³-hybridized carbons (Fsp3) is 0.333. The summed E-state index contributed by atoms with van der Waals surface area (Å²) in [5, 5.41) is 0. The second kappa shape index (κ2) is 6.88. The van der Waals surface area contributed by atoms with Gasteiger partial charge in [0.1, 0.15) is 6.54 Å². The van der Waals surface area contributed by atoms with Crippen LogP contribution in [0.2, 0.25) is 0 Å². The Labute approximate surface area is 145 Å². The molecule has 0 bridgehead atoms. The van der Waals surface area contributed by atoms with Gasteiger partial charge in [0.05, 0.1) is 11.8 Å². The zero-order chi connectivity index (χ0) is 18.0. The first-order valence-corrected chi connectivity index (χ1v) is 8.14. The van der Waals surface area contributed by atoms with Crippen molar-refractivity contribution in [3.63, 3.8) is 0 Å². The van der Waals surface area contributed by atoms with Crippen molar-refractivity contribution in [3.05, 3.63) is 47.5 Å². The van der Waals surface area contributed by atoms with Crippen molar-refractivity contribution >= 4 is 23.6 Å². The minimum absolute atomic E-state index is 0.320. The van der Waals surface area contributed by atoms with Crippen LogP contribution in [0.15, 0.2) is 36.4 Å². The molecule has 1 saturated heterocycles. The average Bonchev–Trinajstić information content (AvgIpc) is 2.85. The molecule has 0 radical (unpaired) electrons. The Morgan fingerprint density at radius 1 is 1.04 bits per heavy atom. The van der Waals surface area contributed by atoms with Crippen LogP contribution in [0.5, 0.6) is 0 Å². The third kappa shape index (κ3) is 3.31. The highest BCUT2D eigenvalue weighted by Gasteiger charge is 2.47. The molecule has 1 aliphatic carbocycles. The van der Waals surface area contributed by atoms with Gasteiger partial charge in [0, 0.05) is 5.56 Å². The number of nitrogens with one attached hydrogen (secondary N) is 2. The Balaban J connectivity index is 1.56. The van der Waals surface area contributed by atoms with Crippen LogP contribution in [0.25, 0.3) is 0 Å². The number of aryl methyl sites for hydroxylation is 1. The van der Waals surface area contributed by atoms with Gasteiger partial charge in [-0.2, -0.15) is 0 Å². The number of imide groups is 1. The van der Waals surface area contributed by atoms with Crippen molar-refractivity contribution in [1.29, 1.82) is 0 Å². The molecule has 3 rings (SSSR count). The van der Waals surface area contributed by atoms with Gasteiger partial charge < -0.3 is 0 Å². The molecular formula is C18H19N3O4. The Morgan fingerprint density at radius 3 is 2.24 bits per heavy atom. The van der Waals surface area contributed by atoms with E-state index in [1.165, 1.54) is 0 Å². The Hall–Kier alpha value is -2.96. The number of hydrogen-bond donors (Lipinski definition) is 2. The van der Waals surface area contributed by atoms with E-state index in [1.807, 2.05) is 18.2 Å². The molecule has 25 heavy (non-hydrogen) atoms. The van der Waals surface area contributed by atoms with E-state index in [4.69, 9.17) is 0 Å². The zero-order valence-corrected chi connectivity index (χ0v) is 13.8. The molecule has 7 heteroatoms. The van der Waals surface area contributed by atoms with Crippen LogP contribution in [-0.2, 0) is 14.4 Å². The molecule has 130 valence electrons. The standard InChI is InChI=1S/C18H19N3O4/c1-11-6-2-3-7-12(11)16(23)20-19-15(22)10-21-17(24)13-8-4-5-9-14(13)18(21)25/h2-7,13-14H,8-10H2,1H3,(H,19,22)(H,20,23). The largest absolute Gasteiger partial charge is 0.274 e. The number of hydrazine groups is 1. The summed E-state index contributed by atoms with van der Waals surface area (Å²) in [5.74, 6) is -2.45. The molecule has 0 saturated carbocycles. The highest BCUT2D eigenvalue weighted by atomic mass is 16.2. The number of fused-ring (bicyclic) bond motifs is 1. The Bertz CT molecular complexity index is 745. The monoisotopic (exact) mass is 341 g/mol. The Kier molecular flexibility index (Phi) is 4.65. The average molecular weight is 341 g/mol. The van der Waals surface area contributed by atoms with E-state index in [-0.39, 0.29) is 23.7 Å². The molecule has 2 atom stereocenters. The lowest BCUT2D eigenvalue weighted by Gasteiger charge is -2.15. The van der Waals surface area contributed by atoms with Crippen molar-refractivity contribution in [2.75, 3.05) is 6.54 Å². The summed E-state index contributed by atoms with van der Waals surface area (Å²) in [6, 6.07) is 6.96. The predicted molar refractivity (Wildman–Crippen MR) is 88.9 cm³/mol. The molecule has 0 aromatic heterocycles. The van der Waals surface area contributed by atoms with Gasteiger partial charge in [0.15, 0.2) is 0 Å². The molecule has 1 aliphatic heterocycles. The van der Waals surface area contributed by atoms with Crippen molar-refractivity contribution in [2.24, 2.45) is 11.8 Å². The number of carbonyl (C=O) groups is 4. The third-order valence-corrected chi connectivity index (χ3v) is 4.61. The van der Waals surface area contributed by atoms with Crippen LogP contribution in [0.1, 0.15) is 28.8 Å². The highest BCUT2D eigenvalue weighted by molar-refractivity contribution is 6.07. The number of amides is 4. The lowest BCUT2D eigenvalue weighted by atomic mass is 9.85. The van der Waals surface area contributed by atoms with Gasteiger partial charge in [-0.25, -0.2) is 0 Å². The lowest BCUT2D eigenvalue weighted by molar-refractivity contribution is -0.143. The normalized spacial score (nSPS) is 21.9. The minimum atomic E-state index is -0.616. The first-order valence-electron chi connectivity index (χ1n) is 8.14.